The molecule has 3 unspecified atom stereocenters. The van der Waals surface area contributed by atoms with Crippen LogP contribution in [0.2, 0.25) is 0 Å². The molecule has 1 aromatic heterocycles. The van der Waals surface area contributed by atoms with Crippen LogP contribution >= 0.6 is 0 Å². The number of aliphatic carboxylic acids is 1. The van der Waals surface area contributed by atoms with Gasteiger partial charge in [-0.25, -0.2) is 4.98 Å². The number of carbonyl (C=O) groups is 5. The lowest BCUT2D eigenvalue weighted by molar-refractivity contribution is -0.138. The van der Waals surface area contributed by atoms with Gasteiger partial charge in [-0.1, -0.05) is 0 Å². The molecule has 0 saturated carbocycles. The molecule has 0 bridgehead atoms. The van der Waals surface area contributed by atoms with Gasteiger partial charge in [0, 0.05) is 24.7 Å². The number of H-pyrrole nitrogens is 1. The Balaban J connectivity index is 2.76. The van der Waals surface area contributed by atoms with E-state index in [1.165, 1.54) is 19.4 Å². The molecule has 0 fully saturated rings. The van der Waals surface area contributed by atoms with Crippen LogP contribution in [0.3, 0.4) is 0 Å². The fourth-order valence-electron chi connectivity index (χ4n) is 2.23. The molecule has 4 amide bonds. The summed E-state index contributed by atoms with van der Waals surface area (Å²) in [4.78, 5) is 64.7. The quantitative estimate of drug-likeness (QED) is 0.184. The largest absolute Gasteiger partial charge is 0.480 e. The third-order valence-corrected chi connectivity index (χ3v) is 3.82. The smallest absolute Gasteiger partial charge is 0.322 e. The summed E-state index contributed by atoms with van der Waals surface area (Å²) < 4.78 is 0. The normalized spacial score (nSPS) is 13.6. The van der Waals surface area contributed by atoms with E-state index in [0.29, 0.717) is 5.69 Å². The molecule has 0 spiro atoms. The summed E-state index contributed by atoms with van der Waals surface area (Å²) in [6, 6.07) is -3.21. The van der Waals surface area contributed by atoms with Crippen LogP contribution in [-0.4, -0.2) is 69.3 Å². The molecular weight excluding hydrogens is 386 g/mol. The predicted molar refractivity (Wildman–Crippen MR) is 98.9 cm³/mol. The summed E-state index contributed by atoms with van der Waals surface area (Å²) >= 11 is 0. The second kappa shape index (κ2) is 11.4. The molecule has 3 atom stereocenters. The first-order valence-electron chi connectivity index (χ1n) is 8.71. The number of rotatable bonds is 12. The summed E-state index contributed by atoms with van der Waals surface area (Å²) in [5, 5.41) is 15.6. The number of carbonyl (C=O) groups excluding carboxylic acids is 4. The number of carboxylic acids is 1. The summed E-state index contributed by atoms with van der Waals surface area (Å²) in [7, 11) is 0. The average molecular weight is 411 g/mol. The highest BCUT2D eigenvalue weighted by atomic mass is 16.4. The molecule has 0 saturated heterocycles. The molecular formula is C16H25N7O6. The Kier molecular flexibility index (Phi) is 9.25. The predicted octanol–water partition coefficient (Wildman–Crippen LogP) is -3.26. The fraction of sp³-hybridized carbons (Fsp3) is 0.500. The van der Waals surface area contributed by atoms with E-state index < -0.39 is 54.3 Å². The number of aromatic nitrogens is 2. The average Bonchev–Trinajstić information content (AvgIpc) is 3.16. The molecule has 160 valence electrons. The number of hydrogen-bond acceptors (Lipinski definition) is 7. The number of nitrogens with zero attached hydrogens (tertiary/aromatic N) is 1. The third-order valence-electron chi connectivity index (χ3n) is 3.82. The third kappa shape index (κ3) is 8.83. The van der Waals surface area contributed by atoms with Crippen molar-refractivity contribution < 1.29 is 29.1 Å². The molecule has 0 aliphatic carbocycles. The minimum Gasteiger partial charge on any atom is -0.480 e. The van der Waals surface area contributed by atoms with Crippen molar-refractivity contribution in [3.8, 4) is 0 Å². The summed E-state index contributed by atoms with van der Waals surface area (Å²) in [5.74, 6) is -3.90. The number of aromatic amines is 1. The van der Waals surface area contributed by atoms with Crippen LogP contribution in [0.1, 0.15) is 25.5 Å². The van der Waals surface area contributed by atoms with E-state index in [9.17, 15) is 24.0 Å². The Morgan fingerprint density at radius 2 is 1.86 bits per heavy atom. The van der Waals surface area contributed by atoms with Crippen molar-refractivity contribution in [1.82, 2.24) is 25.9 Å². The van der Waals surface area contributed by atoms with Gasteiger partial charge in [0.25, 0.3) is 0 Å². The maximum absolute atomic E-state index is 12.6. The number of hydrogen-bond donors (Lipinski definition) is 7. The van der Waals surface area contributed by atoms with Gasteiger partial charge in [-0.15, -0.1) is 0 Å². The summed E-state index contributed by atoms with van der Waals surface area (Å²) in [6.07, 6.45) is 2.80. The molecule has 0 aliphatic rings. The topological polar surface area (TPSA) is 222 Å². The van der Waals surface area contributed by atoms with Crippen molar-refractivity contribution >= 4 is 29.6 Å². The molecule has 13 heteroatoms. The van der Waals surface area contributed by atoms with Crippen LogP contribution in [0.4, 0.5) is 0 Å². The first-order chi connectivity index (χ1) is 13.6. The molecule has 0 aromatic carbocycles. The van der Waals surface area contributed by atoms with Crippen LogP contribution in [-0.2, 0) is 30.4 Å². The lowest BCUT2D eigenvalue weighted by Crippen LogP contribution is -2.56. The number of imidazole rings is 1. The summed E-state index contributed by atoms with van der Waals surface area (Å²) in [6.45, 7) is 0.769. The van der Waals surface area contributed by atoms with Crippen LogP contribution in [0.5, 0.6) is 0 Å². The highest BCUT2D eigenvalue weighted by Gasteiger charge is 2.27. The van der Waals surface area contributed by atoms with Crippen LogP contribution < -0.4 is 27.4 Å². The van der Waals surface area contributed by atoms with Crippen LogP contribution in [0.15, 0.2) is 12.5 Å². The lowest BCUT2D eigenvalue weighted by Gasteiger charge is -2.22. The van der Waals surface area contributed by atoms with Gasteiger partial charge < -0.3 is 37.5 Å². The van der Waals surface area contributed by atoms with Gasteiger partial charge in [-0.05, 0) is 13.3 Å². The lowest BCUT2D eigenvalue weighted by atomic mass is 10.1. The molecule has 9 N–H and O–H groups in total. The van der Waals surface area contributed by atoms with Gasteiger partial charge in [0.15, 0.2) is 0 Å². The standard InChI is InChI=1S/C16H25N7O6/c1-8(14(27)20-6-13(25)26)22-16(29)11(4-9-5-19-7-21-9)23-15(28)10(17)2-3-12(18)24/h5,7-8,10-11H,2-4,6,17H2,1H3,(H2,18,24)(H,19,21)(H,20,27)(H,22,29)(H,23,28)(H,25,26). The highest BCUT2D eigenvalue weighted by Crippen LogP contribution is 2.02. The Hall–Kier alpha value is -3.48. The highest BCUT2D eigenvalue weighted by molar-refractivity contribution is 5.93. The molecule has 13 nitrogen and oxygen atoms in total. The van der Waals surface area contributed by atoms with E-state index in [1.807, 2.05) is 0 Å². The Morgan fingerprint density at radius 1 is 1.17 bits per heavy atom. The number of nitrogens with two attached hydrogens (primary N) is 2. The zero-order valence-electron chi connectivity index (χ0n) is 15.8. The number of amides is 4. The number of nitrogens with one attached hydrogen (secondary N) is 4. The summed E-state index contributed by atoms with van der Waals surface area (Å²) in [5.41, 5.74) is 11.3. The first-order valence-corrected chi connectivity index (χ1v) is 8.71. The van der Waals surface area contributed by atoms with Crippen LogP contribution in [0, 0.1) is 0 Å². The van der Waals surface area contributed by atoms with Gasteiger partial charge in [-0.2, -0.15) is 0 Å². The maximum atomic E-state index is 12.6. The Morgan fingerprint density at radius 3 is 2.41 bits per heavy atom. The maximum Gasteiger partial charge on any atom is 0.322 e. The van der Waals surface area contributed by atoms with Gasteiger partial charge in [0.1, 0.15) is 18.6 Å². The van der Waals surface area contributed by atoms with Crippen molar-refractivity contribution in [3.05, 3.63) is 18.2 Å². The van der Waals surface area contributed by atoms with E-state index >= 15 is 0 Å². The van der Waals surface area contributed by atoms with Crippen molar-refractivity contribution in [2.75, 3.05) is 6.54 Å². The molecule has 0 aliphatic heterocycles. The monoisotopic (exact) mass is 411 g/mol. The molecule has 29 heavy (non-hydrogen) atoms. The zero-order chi connectivity index (χ0) is 22.0. The SMILES string of the molecule is CC(NC(=O)C(Cc1cnc[nH]1)NC(=O)C(N)CCC(N)=O)C(=O)NCC(=O)O. The number of primary amides is 1. The minimum absolute atomic E-state index is 0.00750. The Bertz CT molecular complexity index is 736. The second-order valence-corrected chi connectivity index (χ2v) is 6.30. The van der Waals surface area contributed by atoms with Gasteiger partial charge in [0.05, 0.1) is 12.4 Å². The zero-order valence-corrected chi connectivity index (χ0v) is 15.8. The molecule has 1 aromatic rings. The molecule has 1 heterocycles. The number of carboxylic acid groups (broad SMARTS) is 1. The second-order valence-electron chi connectivity index (χ2n) is 6.30. The fourth-order valence-corrected chi connectivity index (χ4v) is 2.23. The molecule has 1 rings (SSSR count). The van der Waals surface area contributed by atoms with Crippen molar-refractivity contribution in [2.24, 2.45) is 11.5 Å². The minimum atomic E-state index is -1.23. The van der Waals surface area contributed by atoms with Gasteiger partial charge in [-0.3, -0.25) is 24.0 Å². The van der Waals surface area contributed by atoms with Crippen molar-refractivity contribution in [2.45, 2.75) is 44.3 Å². The van der Waals surface area contributed by atoms with E-state index in [4.69, 9.17) is 16.6 Å². The van der Waals surface area contributed by atoms with Crippen molar-refractivity contribution in [1.29, 1.82) is 0 Å². The Labute approximate surface area is 166 Å². The van der Waals surface area contributed by atoms with Gasteiger partial charge in [0.2, 0.25) is 23.6 Å². The van der Waals surface area contributed by atoms with E-state index in [1.54, 1.807) is 0 Å². The van der Waals surface area contributed by atoms with E-state index in [2.05, 4.69) is 25.9 Å². The first kappa shape index (κ1) is 23.6. The molecule has 0 radical (unpaired) electrons. The van der Waals surface area contributed by atoms with Gasteiger partial charge >= 0.3 is 5.97 Å². The van der Waals surface area contributed by atoms with Crippen molar-refractivity contribution in [3.63, 3.8) is 0 Å². The van der Waals surface area contributed by atoms with Crippen LogP contribution in [0.25, 0.3) is 0 Å². The van der Waals surface area contributed by atoms with E-state index in [0.717, 1.165) is 0 Å². The van der Waals surface area contributed by atoms with E-state index in [-0.39, 0.29) is 19.3 Å².